The van der Waals surface area contributed by atoms with Crippen molar-refractivity contribution < 1.29 is 14.3 Å². The Labute approximate surface area is 97.9 Å². The van der Waals surface area contributed by atoms with Crippen molar-refractivity contribution in [2.24, 2.45) is 5.92 Å². The molecule has 1 atom stereocenters. The molecule has 4 heteroatoms. The second kappa shape index (κ2) is 6.74. The van der Waals surface area contributed by atoms with Crippen LogP contribution in [0.15, 0.2) is 0 Å². The van der Waals surface area contributed by atoms with Gasteiger partial charge in [-0.15, -0.1) is 0 Å². The first-order valence-electron chi connectivity index (χ1n) is 6.09. The van der Waals surface area contributed by atoms with Gasteiger partial charge >= 0.3 is 6.16 Å². The highest BCUT2D eigenvalue weighted by Crippen LogP contribution is 2.17. The molecule has 0 spiro atoms. The monoisotopic (exact) mass is 229 g/mol. The minimum Gasteiger partial charge on any atom is -0.434 e. The number of likely N-dealkylation sites (tertiary alicyclic amines) is 1. The summed E-state index contributed by atoms with van der Waals surface area (Å²) < 4.78 is 9.94. The van der Waals surface area contributed by atoms with Crippen LogP contribution in [0.5, 0.6) is 0 Å². The maximum Gasteiger partial charge on any atom is 0.508 e. The van der Waals surface area contributed by atoms with Gasteiger partial charge in [0.25, 0.3) is 0 Å². The van der Waals surface area contributed by atoms with Crippen LogP contribution in [0.2, 0.25) is 0 Å². The molecule has 0 amide bonds. The van der Waals surface area contributed by atoms with Crippen molar-refractivity contribution in [2.75, 3.05) is 26.8 Å². The summed E-state index contributed by atoms with van der Waals surface area (Å²) >= 11 is 0. The molecular formula is C12H23NO3. The smallest absolute Gasteiger partial charge is 0.434 e. The molecule has 0 aliphatic carbocycles. The Morgan fingerprint density at radius 3 is 2.75 bits per heavy atom. The van der Waals surface area contributed by atoms with Crippen molar-refractivity contribution >= 4 is 6.16 Å². The molecule has 1 rings (SSSR count). The molecule has 4 nitrogen and oxygen atoms in total. The molecule has 1 aliphatic rings. The molecule has 16 heavy (non-hydrogen) atoms. The predicted octanol–water partition coefficient (Wildman–Crippen LogP) is 2.28. The molecule has 0 aromatic heterocycles. The van der Waals surface area contributed by atoms with E-state index in [0.29, 0.717) is 25.2 Å². The summed E-state index contributed by atoms with van der Waals surface area (Å²) in [7, 11) is 2.12. The fourth-order valence-electron chi connectivity index (χ4n) is 1.90. The van der Waals surface area contributed by atoms with Gasteiger partial charge in [0.05, 0.1) is 13.2 Å². The highest BCUT2D eigenvalue weighted by atomic mass is 16.7. The summed E-state index contributed by atoms with van der Waals surface area (Å²) in [6.45, 7) is 6.05. The van der Waals surface area contributed by atoms with Crippen LogP contribution >= 0.6 is 0 Å². The first kappa shape index (κ1) is 13.3. The van der Waals surface area contributed by atoms with Crippen LogP contribution < -0.4 is 0 Å². The molecule has 0 N–H and O–H groups in total. The minimum atomic E-state index is -0.533. The van der Waals surface area contributed by atoms with Crippen LogP contribution in [0.4, 0.5) is 4.79 Å². The third-order valence-corrected chi connectivity index (χ3v) is 2.88. The number of hydrogen-bond acceptors (Lipinski definition) is 4. The van der Waals surface area contributed by atoms with Crippen molar-refractivity contribution in [3.63, 3.8) is 0 Å². The van der Waals surface area contributed by atoms with Crippen molar-refractivity contribution in [1.82, 2.24) is 4.90 Å². The third-order valence-electron chi connectivity index (χ3n) is 2.88. The lowest BCUT2D eigenvalue weighted by atomic mass is 10.2. The van der Waals surface area contributed by atoms with Crippen LogP contribution in [0.1, 0.15) is 33.1 Å². The molecule has 1 heterocycles. The van der Waals surface area contributed by atoms with Crippen LogP contribution in [-0.4, -0.2) is 43.9 Å². The van der Waals surface area contributed by atoms with Gasteiger partial charge in [0.2, 0.25) is 0 Å². The Balaban J connectivity index is 2.04. The number of rotatable bonds is 5. The summed E-state index contributed by atoms with van der Waals surface area (Å²) in [5.74, 6) is 0.355. The lowest BCUT2D eigenvalue weighted by Gasteiger charge is -2.18. The van der Waals surface area contributed by atoms with Gasteiger partial charge < -0.3 is 14.4 Å². The van der Waals surface area contributed by atoms with Crippen molar-refractivity contribution in [2.45, 2.75) is 39.2 Å². The Kier molecular flexibility index (Phi) is 5.60. The zero-order valence-corrected chi connectivity index (χ0v) is 10.6. The Morgan fingerprint density at radius 2 is 2.19 bits per heavy atom. The molecule has 1 aliphatic heterocycles. The first-order valence-corrected chi connectivity index (χ1v) is 6.09. The summed E-state index contributed by atoms with van der Waals surface area (Å²) in [5.41, 5.74) is 0. The third kappa shape index (κ3) is 4.84. The zero-order chi connectivity index (χ0) is 12.0. The van der Waals surface area contributed by atoms with Crippen LogP contribution in [0.25, 0.3) is 0 Å². The van der Waals surface area contributed by atoms with E-state index in [-0.39, 0.29) is 0 Å². The highest BCUT2D eigenvalue weighted by Gasteiger charge is 2.20. The van der Waals surface area contributed by atoms with Crippen LogP contribution in [-0.2, 0) is 9.47 Å². The Morgan fingerprint density at radius 1 is 1.44 bits per heavy atom. The Hall–Kier alpha value is -0.770. The molecule has 1 saturated heterocycles. The molecule has 1 unspecified atom stereocenters. The number of nitrogens with zero attached hydrogens (tertiary/aromatic N) is 1. The summed E-state index contributed by atoms with van der Waals surface area (Å²) in [6.07, 6.45) is 2.84. The molecule has 0 aromatic rings. The standard InChI is InChI=1S/C12H23NO3/c1-10(2)9-16-12(14)15-8-6-11-5-4-7-13(11)3/h10-11H,4-9H2,1-3H3. The highest BCUT2D eigenvalue weighted by molar-refractivity contribution is 5.59. The van der Waals surface area contributed by atoms with Gasteiger partial charge in [0, 0.05) is 6.04 Å². The second-order valence-electron chi connectivity index (χ2n) is 4.87. The van der Waals surface area contributed by atoms with Crippen molar-refractivity contribution in [3.8, 4) is 0 Å². The minimum absolute atomic E-state index is 0.355. The summed E-state index contributed by atoms with van der Waals surface area (Å²) in [6, 6.07) is 0.567. The second-order valence-corrected chi connectivity index (χ2v) is 4.87. The quantitative estimate of drug-likeness (QED) is 0.678. The van der Waals surface area contributed by atoms with E-state index in [1.165, 1.54) is 12.8 Å². The summed E-state index contributed by atoms with van der Waals surface area (Å²) in [4.78, 5) is 13.5. The van der Waals surface area contributed by atoms with Gasteiger partial charge in [-0.05, 0) is 38.8 Å². The number of hydrogen-bond donors (Lipinski definition) is 0. The van der Waals surface area contributed by atoms with Gasteiger partial charge in [-0.2, -0.15) is 0 Å². The van der Waals surface area contributed by atoms with Gasteiger partial charge in [-0.3, -0.25) is 0 Å². The first-order chi connectivity index (χ1) is 7.59. The van der Waals surface area contributed by atoms with E-state index >= 15 is 0 Å². The molecule has 0 aromatic carbocycles. The van der Waals surface area contributed by atoms with E-state index < -0.39 is 6.16 Å². The van der Waals surface area contributed by atoms with E-state index in [1.54, 1.807) is 0 Å². The van der Waals surface area contributed by atoms with Gasteiger partial charge in [0.15, 0.2) is 0 Å². The molecule has 0 radical (unpaired) electrons. The van der Waals surface area contributed by atoms with Gasteiger partial charge in [0.1, 0.15) is 0 Å². The van der Waals surface area contributed by atoms with E-state index in [2.05, 4.69) is 11.9 Å². The lowest BCUT2D eigenvalue weighted by molar-refractivity contribution is 0.0431. The average molecular weight is 229 g/mol. The Bertz CT molecular complexity index is 218. The van der Waals surface area contributed by atoms with E-state index in [1.807, 2.05) is 13.8 Å². The maximum absolute atomic E-state index is 11.1. The van der Waals surface area contributed by atoms with Crippen LogP contribution in [0, 0.1) is 5.92 Å². The van der Waals surface area contributed by atoms with E-state index in [0.717, 1.165) is 13.0 Å². The van der Waals surface area contributed by atoms with Crippen molar-refractivity contribution in [3.05, 3.63) is 0 Å². The molecule has 1 fully saturated rings. The predicted molar refractivity (Wildman–Crippen MR) is 62.4 cm³/mol. The summed E-state index contributed by atoms with van der Waals surface area (Å²) in [5, 5.41) is 0. The SMILES string of the molecule is CC(C)COC(=O)OCCC1CCCN1C. The van der Waals surface area contributed by atoms with Crippen molar-refractivity contribution in [1.29, 1.82) is 0 Å². The van der Waals surface area contributed by atoms with E-state index in [4.69, 9.17) is 9.47 Å². The number of carbonyl (C=O) groups excluding carboxylic acids is 1. The fourth-order valence-corrected chi connectivity index (χ4v) is 1.90. The molecule has 0 saturated carbocycles. The topological polar surface area (TPSA) is 38.8 Å². The lowest BCUT2D eigenvalue weighted by Crippen LogP contribution is -2.26. The van der Waals surface area contributed by atoms with Crippen LogP contribution in [0.3, 0.4) is 0 Å². The zero-order valence-electron chi connectivity index (χ0n) is 10.6. The normalized spacial score (nSPS) is 21.4. The molecular weight excluding hydrogens is 206 g/mol. The number of ether oxygens (including phenoxy) is 2. The molecule has 0 bridgehead atoms. The van der Waals surface area contributed by atoms with Gasteiger partial charge in [-0.1, -0.05) is 13.8 Å². The maximum atomic E-state index is 11.1. The average Bonchev–Trinajstić information content (AvgIpc) is 2.61. The number of carbonyl (C=O) groups is 1. The largest absolute Gasteiger partial charge is 0.508 e. The van der Waals surface area contributed by atoms with Gasteiger partial charge in [-0.25, -0.2) is 4.79 Å². The fraction of sp³-hybridized carbons (Fsp3) is 0.917. The van der Waals surface area contributed by atoms with E-state index in [9.17, 15) is 4.79 Å². The molecule has 94 valence electrons.